The van der Waals surface area contributed by atoms with Crippen molar-refractivity contribution in [3.05, 3.63) is 28.8 Å². The molecule has 0 spiro atoms. The summed E-state index contributed by atoms with van der Waals surface area (Å²) in [5.74, 6) is 0.390. The highest BCUT2D eigenvalue weighted by atomic mass is 16.7. The molecule has 1 saturated heterocycles. The van der Waals surface area contributed by atoms with Gasteiger partial charge in [0.1, 0.15) is 5.75 Å². The number of nitrogens with zero attached hydrogens (tertiary/aromatic N) is 1. The molecule has 0 aliphatic carbocycles. The molecular weight excluding hydrogens is 230 g/mol. The summed E-state index contributed by atoms with van der Waals surface area (Å²) in [5.41, 5.74) is 3.04. The van der Waals surface area contributed by atoms with Crippen LogP contribution in [0.2, 0.25) is 0 Å². The number of likely N-dealkylation sites (N-methyl/N-ethyl adjacent to an activating group) is 1. The average molecular weight is 251 g/mol. The van der Waals surface area contributed by atoms with E-state index in [1.54, 1.807) is 0 Å². The normalized spacial score (nSPS) is 16.7. The molecule has 1 aromatic carbocycles. The summed E-state index contributed by atoms with van der Waals surface area (Å²) in [6.07, 6.45) is -0.136. The molecule has 0 saturated carbocycles. The summed E-state index contributed by atoms with van der Waals surface area (Å²) in [5, 5.41) is 10.0. The third-order valence-electron chi connectivity index (χ3n) is 3.12. The predicted molar refractivity (Wildman–Crippen MR) is 69.6 cm³/mol. The number of hydrogen-bond acceptors (Lipinski definition) is 4. The van der Waals surface area contributed by atoms with Crippen molar-refractivity contribution >= 4 is 0 Å². The minimum Gasteiger partial charge on any atom is -0.507 e. The molecule has 0 atom stereocenters. The van der Waals surface area contributed by atoms with Gasteiger partial charge in [-0.2, -0.15) is 0 Å². The molecule has 18 heavy (non-hydrogen) atoms. The Kier molecular flexibility index (Phi) is 4.22. The van der Waals surface area contributed by atoms with E-state index in [0.29, 0.717) is 32.1 Å². The number of phenols is 1. The van der Waals surface area contributed by atoms with Crippen LogP contribution in [0.4, 0.5) is 0 Å². The first-order chi connectivity index (χ1) is 8.56. The molecule has 0 radical (unpaired) electrons. The number of rotatable bonds is 4. The van der Waals surface area contributed by atoms with Gasteiger partial charge in [0.15, 0.2) is 6.29 Å². The molecule has 2 rings (SSSR count). The molecule has 0 aromatic heterocycles. The van der Waals surface area contributed by atoms with Gasteiger partial charge in [-0.1, -0.05) is 17.7 Å². The first kappa shape index (κ1) is 13.3. The molecule has 1 aromatic rings. The Morgan fingerprint density at radius 2 is 1.94 bits per heavy atom. The van der Waals surface area contributed by atoms with Crippen molar-refractivity contribution in [3.8, 4) is 5.75 Å². The summed E-state index contributed by atoms with van der Waals surface area (Å²) in [7, 11) is 2.00. The first-order valence-corrected chi connectivity index (χ1v) is 6.27. The molecule has 100 valence electrons. The standard InChI is InChI=1S/C14H21NO3/c1-10-6-11(2)14(16)12(7-10)8-15(3)9-13-17-4-5-18-13/h6-7,13,16H,4-5,8-9H2,1-3H3. The SMILES string of the molecule is Cc1cc(C)c(O)c(CN(C)CC2OCCO2)c1. The van der Waals surface area contributed by atoms with Crippen LogP contribution in [0.15, 0.2) is 12.1 Å². The van der Waals surface area contributed by atoms with Gasteiger partial charge in [0.05, 0.1) is 13.2 Å². The molecule has 0 amide bonds. The minimum absolute atomic E-state index is 0.136. The highest BCUT2D eigenvalue weighted by Crippen LogP contribution is 2.25. The number of ether oxygens (including phenoxy) is 2. The van der Waals surface area contributed by atoms with Gasteiger partial charge in [0.2, 0.25) is 0 Å². The van der Waals surface area contributed by atoms with Gasteiger partial charge >= 0.3 is 0 Å². The first-order valence-electron chi connectivity index (χ1n) is 6.27. The highest BCUT2D eigenvalue weighted by molar-refractivity contribution is 5.42. The van der Waals surface area contributed by atoms with Gasteiger partial charge in [0.25, 0.3) is 0 Å². The van der Waals surface area contributed by atoms with Gasteiger partial charge in [-0.25, -0.2) is 0 Å². The Balaban J connectivity index is 1.99. The van der Waals surface area contributed by atoms with Gasteiger partial charge in [-0.05, 0) is 26.5 Å². The highest BCUT2D eigenvalue weighted by Gasteiger charge is 2.18. The molecule has 4 heteroatoms. The number of aryl methyl sites for hydroxylation is 2. The van der Waals surface area contributed by atoms with Crippen molar-refractivity contribution in [3.63, 3.8) is 0 Å². The smallest absolute Gasteiger partial charge is 0.170 e. The zero-order chi connectivity index (χ0) is 13.1. The van der Waals surface area contributed by atoms with Crippen LogP contribution in [0.5, 0.6) is 5.75 Å². The number of aromatic hydroxyl groups is 1. The van der Waals surface area contributed by atoms with E-state index >= 15 is 0 Å². The lowest BCUT2D eigenvalue weighted by atomic mass is 10.1. The molecule has 4 nitrogen and oxygen atoms in total. The van der Waals surface area contributed by atoms with Crippen LogP contribution in [-0.4, -0.2) is 43.1 Å². The lowest BCUT2D eigenvalue weighted by Crippen LogP contribution is -2.29. The third-order valence-corrected chi connectivity index (χ3v) is 3.12. The number of benzene rings is 1. The quantitative estimate of drug-likeness (QED) is 0.886. The molecule has 0 bridgehead atoms. The molecule has 0 unspecified atom stereocenters. The van der Waals surface area contributed by atoms with Gasteiger partial charge in [-0.15, -0.1) is 0 Å². The number of hydrogen-bond donors (Lipinski definition) is 1. The summed E-state index contributed by atoms with van der Waals surface area (Å²) < 4.78 is 10.8. The van der Waals surface area contributed by atoms with Crippen molar-refractivity contribution in [2.45, 2.75) is 26.7 Å². The van der Waals surface area contributed by atoms with E-state index in [4.69, 9.17) is 9.47 Å². The monoisotopic (exact) mass is 251 g/mol. The van der Waals surface area contributed by atoms with Gasteiger partial charge in [0, 0.05) is 18.7 Å². The van der Waals surface area contributed by atoms with Crippen LogP contribution < -0.4 is 0 Å². The van der Waals surface area contributed by atoms with Crippen LogP contribution in [0, 0.1) is 13.8 Å². The van der Waals surface area contributed by atoms with E-state index in [1.807, 2.05) is 33.0 Å². The zero-order valence-electron chi connectivity index (χ0n) is 11.3. The van der Waals surface area contributed by atoms with Crippen LogP contribution >= 0.6 is 0 Å². The fourth-order valence-corrected chi connectivity index (χ4v) is 2.29. The maximum absolute atomic E-state index is 10.0. The zero-order valence-corrected chi connectivity index (χ0v) is 11.3. The molecule has 1 aliphatic heterocycles. The average Bonchev–Trinajstić information content (AvgIpc) is 2.77. The van der Waals surface area contributed by atoms with E-state index < -0.39 is 0 Å². The third kappa shape index (κ3) is 3.22. The van der Waals surface area contributed by atoms with Crippen LogP contribution in [-0.2, 0) is 16.0 Å². The minimum atomic E-state index is -0.136. The summed E-state index contributed by atoms with van der Waals surface area (Å²) >= 11 is 0. The Morgan fingerprint density at radius 3 is 2.61 bits per heavy atom. The summed E-state index contributed by atoms with van der Waals surface area (Å²) in [6.45, 7) is 6.72. The van der Waals surface area contributed by atoms with Crippen molar-refractivity contribution in [1.82, 2.24) is 4.90 Å². The van der Waals surface area contributed by atoms with Crippen molar-refractivity contribution in [2.24, 2.45) is 0 Å². The summed E-state index contributed by atoms with van der Waals surface area (Å²) in [4.78, 5) is 2.10. The maximum atomic E-state index is 10.0. The van der Waals surface area contributed by atoms with Crippen molar-refractivity contribution < 1.29 is 14.6 Å². The van der Waals surface area contributed by atoms with E-state index in [0.717, 1.165) is 11.1 Å². The second kappa shape index (κ2) is 5.69. The Morgan fingerprint density at radius 1 is 1.28 bits per heavy atom. The Bertz CT molecular complexity index is 414. The second-order valence-electron chi connectivity index (χ2n) is 4.96. The Labute approximate surface area is 108 Å². The van der Waals surface area contributed by atoms with E-state index in [1.165, 1.54) is 5.56 Å². The predicted octanol–water partition coefficient (Wildman–Crippen LogP) is 1.81. The lowest BCUT2D eigenvalue weighted by Gasteiger charge is -2.21. The molecule has 1 fully saturated rings. The van der Waals surface area contributed by atoms with Crippen LogP contribution in [0.1, 0.15) is 16.7 Å². The number of phenolic OH excluding ortho intramolecular Hbond substituents is 1. The molecule has 1 aliphatic rings. The van der Waals surface area contributed by atoms with E-state index in [9.17, 15) is 5.11 Å². The van der Waals surface area contributed by atoms with Crippen molar-refractivity contribution in [1.29, 1.82) is 0 Å². The summed E-state index contributed by atoms with van der Waals surface area (Å²) in [6, 6.07) is 4.01. The van der Waals surface area contributed by atoms with E-state index in [2.05, 4.69) is 4.90 Å². The topological polar surface area (TPSA) is 41.9 Å². The Hall–Kier alpha value is -1.10. The van der Waals surface area contributed by atoms with Gasteiger partial charge in [-0.3, -0.25) is 4.90 Å². The lowest BCUT2D eigenvalue weighted by molar-refractivity contribution is -0.0593. The van der Waals surface area contributed by atoms with Gasteiger partial charge < -0.3 is 14.6 Å². The maximum Gasteiger partial charge on any atom is 0.170 e. The fraction of sp³-hybridized carbons (Fsp3) is 0.571. The van der Waals surface area contributed by atoms with Crippen LogP contribution in [0.3, 0.4) is 0 Å². The molecular formula is C14H21NO3. The molecule has 1 N–H and O–H groups in total. The molecule has 1 heterocycles. The van der Waals surface area contributed by atoms with Crippen molar-refractivity contribution in [2.75, 3.05) is 26.8 Å². The van der Waals surface area contributed by atoms with Crippen LogP contribution in [0.25, 0.3) is 0 Å². The fourth-order valence-electron chi connectivity index (χ4n) is 2.29. The largest absolute Gasteiger partial charge is 0.507 e. The second-order valence-corrected chi connectivity index (χ2v) is 4.96. The van der Waals surface area contributed by atoms with E-state index in [-0.39, 0.29) is 6.29 Å².